The minimum atomic E-state index is -0.748. The van der Waals surface area contributed by atoms with Gasteiger partial charge in [0.05, 0.1) is 0 Å². The van der Waals surface area contributed by atoms with Crippen LogP contribution >= 0.6 is 0 Å². The SMILES string of the molecule is CCC(=O)OC[C@H](COC(C)=O)OC(=O)CC. The van der Waals surface area contributed by atoms with Crippen LogP contribution in [-0.2, 0) is 28.6 Å². The summed E-state index contributed by atoms with van der Waals surface area (Å²) in [6, 6.07) is 0. The molecule has 0 bridgehead atoms. The molecular formula is C11H18O6. The molecule has 0 fully saturated rings. The van der Waals surface area contributed by atoms with Gasteiger partial charge in [0, 0.05) is 19.8 Å². The van der Waals surface area contributed by atoms with Gasteiger partial charge in [-0.15, -0.1) is 0 Å². The lowest BCUT2D eigenvalue weighted by atomic mass is 10.4. The lowest BCUT2D eigenvalue weighted by molar-refractivity contribution is -0.165. The van der Waals surface area contributed by atoms with Crippen LogP contribution in [0.5, 0.6) is 0 Å². The van der Waals surface area contributed by atoms with Crippen LogP contribution in [0.4, 0.5) is 0 Å². The molecule has 6 nitrogen and oxygen atoms in total. The van der Waals surface area contributed by atoms with Crippen molar-refractivity contribution in [3.63, 3.8) is 0 Å². The van der Waals surface area contributed by atoms with Crippen molar-refractivity contribution in [3.8, 4) is 0 Å². The zero-order chi connectivity index (χ0) is 13.3. The molecule has 17 heavy (non-hydrogen) atoms. The molecule has 0 saturated heterocycles. The molecule has 0 aromatic rings. The number of carbonyl (C=O) groups is 3. The number of ether oxygens (including phenoxy) is 3. The Morgan fingerprint density at radius 3 is 1.94 bits per heavy atom. The van der Waals surface area contributed by atoms with Crippen molar-refractivity contribution in [3.05, 3.63) is 0 Å². The van der Waals surface area contributed by atoms with E-state index < -0.39 is 24.0 Å². The average Bonchev–Trinajstić information content (AvgIpc) is 2.31. The summed E-state index contributed by atoms with van der Waals surface area (Å²) in [5.74, 6) is -1.32. The molecule has 0 rings (SSSR count). The fourth-order valence-electron chi connectivity index (χ4n) is 0.884. The van der Waals surface area contributed by atoms with Crippen LogP contribution in [0.25, 0.3) is 0 Å². The van der Waals surface area contributed by atoms with E-state index in [1.54, 1.807) is 13.8 Å². The smallest absolute Gasteiger partial charge is 0.306 e. The average molecular weight is 246 g/mol. The van der Waals surface area contributed by atoms with Crippen LogP contribution in [0.3, 0.4) is 0 Å². The van der Waals surface area contributed by atoms with E-state index in [1.165, 1.54) is 6.92 Å². The molecule has 0 aromatic carbocycles. The topological polar surface area (TPSA) is 78.9 Å². The number of esters is 3. The predicted octanol–water partition coefficient (Wildman–Crippen LogP) is 0.825. The standard InChI is InChI=1S/C11H18O6/c1-4-10(13)16-7-9(6-15-8(3)12)17-11(14)5-2/h9H,4-7H2,1-3H3/t9-/m0/s1. The Labute approximate surface area is 100 Å². The van der Waals surface area contributed by atoms with Crippen LogP contribution < -0.4 is 0 Å². The third-order valence-corrected chi connectivity index (χ3v) is 1.78. The maximum Gasteiger partial charge on any atom is 0.306 e. The van der Waals surface area contributed by atoms with Gasteiger partial charge in [0.1, 0.15) is 13.2 Å². The molecule has 0 aromatic heterocycles. The second-order valence-electron chi connectivity index (χ2n) is 3.30. The zero-order valence-corrected chi connectivity index (χ0v) is 10.4. The van der Waals surface area contributed by atoms with E-state index in [0.717, 1.165) is 0 Å². The van der Waals surface area contributed by atoms with Gasteiger partial charge >= 0.3 is 17.9 Å². The first-order valence-corrected chi connectivity index (χ1v) is 5.48. The normalized spacial score (nSPS) is 11.5. The molecule has 0 aliphatic carbocycles. The Morgan fingerprint density at radius 1 is 0.941 bits per heavy atom. The molecule has 0 saturated carbocycles. The molecule has 0 aliphatic rings. The molecule has 0 spiro atoms. The highest BCUT2D eigenvalue weighted by atomic mass is 16.6. The van der Waals surface area contributed by atoms with Crippen LogP contribution in [0.1, 0.15) is 33.6 Å². The number of rotatable bonds is 7. The zero-order valence-electron chi connectivity index (χ0n) is 10.4. The summed E-state index contributed by atoms with van der Waals surface area (Å²) < 4.78 is 14.5. The van der Waals surface area contributed by atoms with Crippen molar-refractivity contribution in [1.82, 2.24) is 0 Å². The van der Waals surface area contributed by atoms with Crippen molar-refractivity contribution < 1.29 is 28.6 Å². The van der Waals surface area contributed by atoms with Gasteiger partial charge in [-0.3, -0.25) is 14.4 Å². The third kappa shape index (κ3) is 8.24. The monoisotopic (exact) mass is 246 g/mol. The summed E-state index contributed by atoms with van der Waals surface area (Å²) in [5.41, 5.74) is 0. The van der Waals surface area contributed by atoms with Gasteiger partial charge in [-0.2, -0.15) is 0 Å². The Kier molecular flexibility index (Phi) is 7.75. The summed E-state index contributed by atoms with van der Waals surface area (Å²) in [7, 11) is 0. The fraction of sp³-hybridized carbons (Fsp3) is 0.727. The van der Waals surface area contributed by atoms with E-state index in [2.05, 4.69) is 0 Å². The van der Waals surface area contributed by atoms with Crippen molar-refractivity contribution in [2.24, 2.45) is 0 Å². The lowest BCUT2D eigenvalue weighted by Crippen LogP contribution is -2.30. The van der Waals surface area contributed by atoms with Crippen molar-refractivity contribution in [2.45, 2.75) is 39.7 Å². The molecule has 0 unspecified atom stereocenters. The van der Waals surface area contributed by atoms with Crippen LogP contribution in [0, 0.1) is 0 Å². The van der Waals surface area contributed by atoms with Crippen LogP contribution in [-0.4, -0.2) is 37.2 Å². The number of hydrogen-bond acceptors (Lipinski definition) is 6. The van der Waals surface area contributed by atoms with E-state index in [4.69, 9.17) is 14.2 Å². The summed E-state index contributed by atoms with van der Waals surface area (Å²) in [6.45, 7) is 4.32. The lowest BCUT2D eigenvalue weighted by Gasteiger charge is -2.17. The largest absolute Gasteiger partial charge is 0.462 e. The fourth-order valence-corrected chi connectivity index (χ4v) is 0.884. The van der Waals surface area contributed by atoms with Gasteiger partial charge < -0.3 is 14.2 Å². The van der Waals surface area contributed by atoms with E-state index in [-0.39, 0.29) is 26.1 Å². The highest BCUT2D eigenvalue weighted by Gasteiger charge is 2.17. The molecule has 0 amide bonds. The highest BCUT2D eigenvalue weighted by molar-refractivity contribution is 5.70. The number of hydrogen-bond donors (Lipinski definition) is 0. The Bertz CT molecular complexity index is 273. The van der Waals surface area contributed by atoms with Crippen LogP contribution in [0.2, 0.25) is 0 Å². The van der Waals surface area contributed by atoms with Gasteiger partial charge in [0.25, 0.3) is 0 Å². The maximum atomic E-state index is 11.1. The molecule has 0 heterocycles. The van der Waals surface area contributed by atoms with Gasteiger partial charge in [-0.25, -0.2) is 0 Å². The molecular weight excluding hydrogens is 228 g/mol. The summed E-state index contributed by atoms with van der Waals surface area (Å²) in [4.78, 5) is 32.6. The van der Waals surface area contributed by atoms with Crippen molar-refractivity contribution >= 4 is 17.9 Å². The Morgan fingerprint density at radius 2 is 1.47 bits per heavy atom. The molecule has 6 heteroatoms. The highest BCUT2D eigenvalue weighted by Crippen LogP contribution is 2.00. The first-order valence-electron chi connectivity index (χ1n) is 5.48. The van der Waals surface area contributed by atoms with Gasteiger partial charge in [-0.05, 0) is 0 Å². The minimum Gasteiger partial charge on any atom is -0.462 e. The van der Waals surface area contributed by atoms with Crippen molar-refractivity contribution in [2.75, 3.05) is 13.2 Å². The third-order valence-electron chi connectivity index (χ3n) is 1.78. The molecule has 98 valence electrons. The second-order valence-corrected chi connectivity index (χ2v) is 3.30. The van der Waals surface area contributed by atoms with Crippen LogP contribution in [0.15, 0.2) is 0 Å². The summed E-state index contributed by atoms with van der Waals surface area (Å²) in [6.07, 6.45) is -0.304. The molecule has 0 aliphatic heterocycles. The van der Waals surface area contributed by atoms with Crippen molar-refractivity contribution in [1.29, 1.82) is 0 Å². The van der Waals surface area contributed by atoms with E-state index >= 15 is 0 Å². The van der Waals surface area contributed by atoms with E-state index in [0.29, 0.717) is 0 Å². The first kappa shape index (κ1) is 15.4. The van der Waals surface area contributed by atoms with E-state index in [1.807, 2.05) is 0 Å². The summed E-state index contributed by atoms with van der Waals surface area (Å²) in [5, 5.41) is 0. The van der Waals surface area contributed by atoms with E-state index in [9.17, 15) is 14.4 Å². The molecule has 1 atom stereocenters. The minimum absolute atomic E-state index is 0.105. The van der Waals surface area contributed by atoms with Gasteiger partial charge in [0.2, 0.25) is 0 Å². The summed E-state index contributed by atoms with van der Waals surface area (Å²) >= 11 is 0. The molecule has 0 radical (unpaired) electrons. The quantitative estimate of drug-likeness (QED) is 0.489. The Hall–Kier alpha value is -1.59. The molecule has 0 N–H and O–H groups in total. The van der Waals surface area contributed by atoms with Gasteiger partial charge in [0.15, 0.2) is 6.10 Å². The second kappa shape index (κ2) is 8.55. The Balaban J connectivity index is 4.14. The predicted molar refractivity (Wildman–Crippen MR) is 58.1 cm³/mol. The van der Waals surface area contributed by atoms with Gasteiger partial charge in [-0.1, -0.05) is 13.8 Å². The first-order chi connectivity index (χ1) is 7.99. The number of carbonyl (C=O) groups excluding carboxylic acids is 3. The maximum absolute atomic E-state index is 11.1.